The second-order valence-electron chi connectivity index (χ2n) is 3.58. The van der Waals surface area contributed by atoms with Gasteiger partial charge in [-0.15, -0.1) is 0 Å². The maximum absolute atomic E-state index is 5.85. The van der Waals surface area contributed by atoms with Crippen LogP contribution in [0, 0.1) is 0 Å². The second-order valence-corrected chi connectivity index (χ2v) is 5.03. The number of benzene rings is 1. The van der Waals surface area contributed by atoms with Crippen LogP contribution in [0.1, 0.15) is 0 Å². The first-order valence-electron chi connectivity index (χ1n) is 5.01. The highest BCUT2D eigenvalue weighted by molar-refractivity contribution is 7.21. The van der Waals surface area contributed by atoms with Crippen molar-refractivity contribution in [1.82, 2.24) is 9.97 Å². The number of nitrogen functional groups attached to an aromatic ring is 1. The van der Waals surface area contributed by atoms with E-state index in [2.05, 4.69) is 9.97 Å². The molecule has 3 nitrogen and oxygen atoms in total. The highest BCUT2D eigenvalue weighted by Gasteiger charge is 2.05. The predicted octanol–water partition coefficient (Wildman–Crippen LogP) is 3.59. The Hall–Kier alpha value is -1.65. The van der Waals surface area contributed by atoms with Crippen LogP contribution in [0.5, 0.6) is 0 Å². The number of nitrogens with two attached hydrogens (primary N) is 1. The maximum Gasteiger partial charge on any atom is 0.182 e. The lowest BCUT2D eigenvalue weighted by atomic mass is 10.1. The molecule has 0 atom stereocenters. The van der Waals surface area contributed by atoms with Crippen LogP contribution in [0.3, 0.4) is 0 Å². The van der Waals surface area contributed by atoms with Crippen LogP contribution >= 0.6 is 22.9 Å². The van der Waals surface area contributed by atoms with Crippen LogP contribution in [0.2, 0.25) is 5.02 Å². The molecule has 3 rings (SSSR count). The molecule has 5 heteroatoms. The lowest BCUT2D eigenvalue weighted by Gasteiger charge is -2.00. The minimum atomic E-state index is 0.542. The van der Waals surface area contributed by atoms with Gasteiger partial charge in [0.05, 0.1) is 5.69 Å². The zero-order valence-corrected chi connectivity index (χ0v) is 10.3. The number of fused-ring (bicyclic) bond motifs is 1. The average molecular weight is 262 g/mol. The molecule has 0 aliphatic heterocycles. The van der Waals surface area contributed by atoms with Gasteiger partial charge in [-0.05, 0) is 24.3 Å². The van der Waals surface area contributed by atoms with Gasteiger partial charge < -0.3 is 5.73 Å². The molecule has 0 radical (unpaired) electrons. The molecule has 0 aliphatic rings. The third kappa shape index (κ3) is 1.97. The summed E-state index contributed by atoms with van der Waals surface area (Å²) in [7, 11) is 0. The molecule has 17 heavy (non-hydrogen) atoms. The zero-order valence-electron chi connectivity index (χ0n) is 8.72. The molecule has 0 amide bonds. The van der Waals surface area contributed by atoms with Crippen LogP contribution in [0.15, 0.2) is 36.4 Å². The minimum absolute atomic E-state index is 0.542. The van der Waals surface area contributed by atoms with Crippen LogP contribution in [0.4, 0.5) is 5.13 Å². The number of halogens is 1. The van der Waals surface area contributed by atoms with Gasteiger partial charge in [0.1, 0.15) is 10.3 Å². The summed E-state index contributed by atoms with van der Waals surface area (Å²) in [5.41, 5.74) is 8.42. The SMILES string of the molecule is Nc1nc2ccc(-c3ccc(Cl)cc3)nc2s1. The van der Waals surface area contributed by atoms with Gasteiger partial charge in [-0.1, -0.05) is 35.1 Å². The van der Waals surface area contributed by atoms with Crippen molar-refractivity contribution in [3.8, 4) is 11.3 Å². The van der Waals surface area contributed by atoms with E-state index < -0.39 is 0 Å². The highest BCUT2D eigenvalue weighted by Crippen LogP contribution is 2.26. The fraction of sp³-hybridized carbons (Fsp3) is 0. The van der Waals surface area contributed by atoms with Crippen molar-refractivity contribution in [3.05, 3.63) is 41.4 Å². The Bertz CT molecular complexity index is 676. The van der Waals surface area contributed by atoms with Crippen molar-refractivity contribution in [2.75, 3.05) is 5.73 Å². The van der Waals surface area contributed by atoms with Crippen molar-refractivity contribution >= 4 is 38.4 Å². The molecule has 0 saturated heterocycles. The third-order valence-corrected chi connectivity index (χ3v) is 3.46. The molecule has 2 heterocycles. The van der Waals surface area contributed by atoms with Gasteiger partial charge in [0.25, 0.3) is 0 Å². The van der Waals surface area contributed by atoms with Crippen molar-refractivity contribution < 1.29 is 0 Å². The fourth-order valence-corrected chi connectivity index (χ4v) is 2.45. The van der Waals surface area contributed by atoms with E-state index in [9.17, 15) is 0 Å². The molecule has 0 unspecified atom stereocenters. The summed E-state index contributed by atoms with van der Waals surface area (Å²) in [5.74, 6) is 0. The number of anilines is 1. The molecule has 1 aromatic carbocycles. The summed E-state index contributed by atoms with van der Waals surface area (Å²) in [6.07, 6.45) is 0. The quantitative estimate of drug-likeness (QED) is 0.728. The largest absolute Gasteiger partial charge is 0.375 e. The number of rotatable bonds is 1. The molecular formula is C12H8ClN3S. The van der Waals surface area contributed by atoms with Gasteiger partial charge in [0.2, 0.25) is 0 Å². The Balaban J connectivity index is 2.13. The van der Waals surface area contributed by atoms with Crippen molar-refractivity contribution in [3.63, 3.8) is 0 Å². The van der Waals surface area contributed by atoms with E-state index in [1.54, 1.807) is 0 Å². The maximum atomic E-state index is 5.85. The standard InChI is InChI=1S/C12H8ClN3S/c13-8-3-1-7(2-4-8)9-5-6-10-11(15-9)17-12(14)16-10/h1-6H,(H2,14,16). The Labute approximate surface area is 107 Å². The Morgan fingerprint density at radius 1 is 1.00 bits per heavy atom. The van der Waals surface area contributed by atoms with E-state index in [-0.39, 0.29) is 0 Å². The molecule has 84 valence electrons. The zero-order chi connectivity index (χ0) is 11.8. The van der Waals surface area contributed by atoms with Crippen LogP contribution in [-0.2, 0) is 0 Å². The fourth-order valence-electron chi connectivity index (χ4n) is 1.62. The first-order valence-corrected chi connectivity index (χ1v) is 6.21. The summed E-state index contributed by atoms with van der Waals surface area (Å²) in [6, 6.07) is 11.5. The van der Waals surface area contributed by atoms with E-state index in [0.717, 1.165) is 26.6 Å². The molecule has 0 bridgehead atoms. The van der Waals surface area contributed by atoms with E-state index in [4.69, 9.17) is 17.3 Å². The number of hydrogen-bond donors (Lipinski definition) is 1. The first-order chi connectivity index (χ1) is 8.22. The van der Waals surface area contributed by atoms with Crippen molar-refractivity contribution in [2.24, 2.45) is 0 Å². The normalized spacial score (nSPS) is 10.9. The monoisotopic (exact) mass is 261 g/mol. The van der Waals surface area contributed by atoms with Gasteiger partial charge in [0, 0.05) is 10.6 Å². The topological polar surface area (TPSA) is 51.8 Å². The van der Waals surface area contributed by atoms with Gasteiger partial charge in [0.15, 0.2) is 5.13 Å². The molecule has 0 fully saturated rings. The number of nitrogens with zero attached hydrogens (tertiary/aromatic N) is 2. The van der Waals surface area contributed by atoms with Crippen LogP contribution in [-0.4, -0.2) is 9.97 Å². The van der Waals surface area contributed by atoms with E-state index in [1.807, 2.05) is 36.4 Å². The van der Waals surface area contributed by atoms with E-state index in [0.29, 0.717) is 5.13 Å². The third-order valence-electron chi connectivity index (χ3n) is 2.41. The van der Waals surface area contributed by atoms with Crippen LogP contribution < -0.4 is 5.73 Å². The number of pyridine rings is 1. The van der Waals surface area contributed by atoms with Gasteiger partial charge in [-0.25, -0.2) is 9.97 Å². The second kappa shape index (κ2) is 3.98. The average Bonchev–Trinajstić information content (AvgIpc) is 2.69. The lowest BCUT2D eigenvalue weighted by molar-refractivity contribution is 1.40. The van der Waals surface area contributed by atoms with Gasteiger partial charge >= 0.3 is 0 Å². The highest BCUT2D eigenvalue weighted by atomic mass is 35.5. The van der Waals surface area contributed by atoms with Gasteiger partial charge in [-0.2, -0.15) is 0 Å². The first kappa shape index (κ1) is 10.5. The Morgan fingerprint density at radius 2 is 1.76 bits per heavy atom. The van der Waals surface area contributed by atoms with E-state index >= 15 is 0 Å². The van der Waals surface area contributed by atoms with Crippen molar-refractivity contribution in [2.45, 2.75) is 0 Å². The molecule has 0 spiro atoms. The lowest BCUT2D eigenvalue weighted by Crippen LogP contribution is -1.83. The number of hydrogen-bond acceptors (Lipinski definition) is 4. The Morgan fingerprint density at radius 3 is 2.53 bits per heavy atom. The predicted molar refractivity (Wildman–Crippen MR) is 72.3 cm³/mol. The molecule has 3 aromatic rings. The van der Waals surface area contributed by atoms with E-state index in [1.165, 1.54) is 11.3 Å². The molecule has 2 aromatic heterocycles. The van der Waals surface area contributed by atoms with Crippen molar-refractivity contribution in [1.29, 1.82) is 0 Å². The molecular weight excluding hydrogens is 254 g/mol. The Kier molecular flexibility index (Phi) is 2.46. The number of thiazole rings is 1. The van der Waals surface area contributed by atoms with Crippen LogP contribution in [0.25, 0.3) is 21.6 Å². The summed E-state index contributed by atoms with van der Waals surface area (Å²) >= 11 is 7.25. The summed E-state index contributed by atoms with van der Waals surface area (Å²) in [5, 5.41) is 1.26. The smallest absolute Gasteiger partial charge is 0.182 e. The molecule has 0 aliphatic carbocycles. The minimum Gasteiger partial charge on any atom is -0.375 e. The molecule has 2 N–H and O–H groups in total. The summed E-state index contributed by atoms with van der Waals surface area (Å²) in [4.78, 5) is 9.56. The molecule has 0 saturated carbocycles. The summed E-state index contributed by atoms with van der Waals surface area (Å²) < 4.78 is 0. The number of aromatic nitrogens is 2. The van der Waals surface area contributed by atoms with Gasteiger partial charge in [-0.3, -0.25) is 0 Å². The summed E-state index contributed by atoms with van der Waals surface area (Å²) in [6.45, 7) is 0.